The van der Waals surface area contributed by atoms with Crippen molar-refractivity contribution in [3.05, 3.63) is 23.8 Å². The second kappa shape index (κ2) is 7.85. The molecule has 0 aliphatic rings. The maximum Gasteiger partial charge on any atom is 0.126 e. The molecule has 0 heterocycles. The SMILES string of the molecule is COc1cc(OC)cc([P+]([CH-]Cl)(C(C)(C)C)C(C)(C)C)c1.[Pd]. The summed E-state index contributed by atoms with van der Waals surface area (Å²) in [5.41, 5.74) is 1.92. The van der Waals surface area contributed by atoms with Gasteiger partial charge in [0.2, 0.25) is 0 Å². The number of benzene rings is 1. The standard InChI is InChI=1S/C17H28ClO2P.Pd/c1-16(2,3)21(12-18,17(4,5)6)15-10-13(19-7)9-14(11-15)20-8;/h9-12H,1-8H3;. The van der Waals surface area contributed by atoms with Crippen molar-refractivity contribution in [3.8, 4) is 11.5 Å². The van der Waals surface area contributed by atoms with Crippen molar-refractivity contribution in [2.24, 2.45) is 0 Å². The molecular weight excluding hydrogens is 409 g/mol. The van der Waals surface area contributed by atoms with Crippen molar-refractivity contribution in [2.45, 2.75) is 51.9 Å². The summed E-state index contributed by atoms with van der Waals surface area (Å²) < 4.78 is 10.9. The Morgan fingerprint density at radius 2 is 1.23 bits per heavy atom. The van der Waals surface area contributed by atoms with Crippen LogP contribution in [0.15, 0.2) is 18.2 Å². The van der Waals surface area contributed by atoms with E-state index < -0.39 is 7.26 Å². The van der Waals surface area contributed by atoms with Crippen LogP contribution in [0.25, 0.3) is 0 Å². The van der Waals surface area contributed by atoms with E-state index in [0.29, 0.717) is 0 Å². The third-order valence-electron chi connectivity index (χ3n) is 4.01. The van der Waals surface area contributed by atoms with E-state index in [1.807, 2.05) is 11.7 Å². The largest absolute Gasteiger partial charge is 0.496 e. The van der Waals surface area contributed by atoms with E-state index in [-0.39, 0.29) is 30.7 Å². The zero-order valence-corrected chi connectivity index (χ0v) is 18.0. The normalized spacial score (nSPS) is 12.6. The smallest absolute Gasteiger partial charge is 0.126 e. The van der Waals surface area contributed by atoms with Gasteiger partial charge in [0, 0.05) is 38.6 Å². The van der Waals surface area contributed by atoms with E-state index in [1.54, 1.807) is 14.2 Å². The molecule has 1 aromatic rings. The molecule has 0 bridgehead atoms. The van der Waals surface area contributed by atoms with Gasteiger partial charge in [0.15, 0.2) is 0 Å². The van der Waals surface area contributed by atoms with E-state index in [0.717, 1.165) is 11.5 Å². The summed E-state index contributed by atoms with van der Waals surface area (Å²) in [6, 6.07) is 6.11. The first-order valence-corrected chi connectivity index (χ1v) is 9.40. The maximum absolute atomic E-state index is 6.46. The van der Waals surface area contributed by atoms with Crippen LogP contribution in [-0.4, -0.2) is 24.5 Å². The Labute approximate surface area is 155 Å². The molecule has 22 heavy (non-hydrogen) atoms. The van der Waals surface area contributed by atoms with Gasteiger partial charge in [-0.3, -0.25) is 0 Å². The summed E-state index contributed by atoms with van der Waals surface area (Å²) in [6.45, 7) is 13.6. The van der Waals surface area contributed by atoms with Crippen LogP contribution in [0.2, 0.25) is 0 Å². The molecule has 0 fully saturated rings. The maximum atomic E-state index is 6.46. The second-order valence-corrected chi connectivity index (χ2v) is 12.7. The van der Waals surface area contributed by atoms with Crippen molar-refractivity contribution in [1.29, 1.82) is 0 Å². The van der Waals surface area contributed by atoms with Crippen LogP contribution < -0.4 is 14.8 Å². The third kappa shape index (κ3) is 3.99. The van der Waals surface area contributed by atoms with Gasteiger partial charge in [-0.15, -0.1) is 0 Å². The quantitative estimate of drug-likeness (QED) is 0.362. The average Bonchev–Trinajstić information content (AvgIpc) is 2.36. The molecule has 2 nitrogen and oxygen atoms in total. The van der Waals surface area contributed by atoms with Gasteiger partial charge in [-0.25, -0.2) is 0 Å². The van der Waals surface area contributed by atoms with Crippen molar-refractivity contribution in [1.82, 2.24) is 0 Å². The second-order valence-electron chi connectivity index (χ2n) is 7.23. The fraction of sp³-hybridized carbons (Fsp3) is 0.588. The zero-order valence-electron chi connectivity index (χ0n) is 14.8. The Morgan fingerprint density at radius 1 is 0.864 bits per heavy atom. The number of hydrogen-bond acceptors (Lipinski definition) is 2. The molecule has 0 aromatic heterocycles. The molecular formula is C17H28ClO2PPd. The molecule has 0 saturated heterocycles. The molecule has 0 aliphatic carbocycles. The van der Waals surface area contributed by atoms with E-state index in [4.69, 9.17) is 21.1 Å². The molecule has 1 rings (SSSR count). The van der Waals surface area contributed by atoms with Crippen LogP contribution in [0.5, 0.6) is 11.5 Å². The molecule has 0 spiro atoms. The molecule has 0 radical (unpaired) electrons. The van der Waals surface area contributed by atoms with Crippen LogP contribution in [0, 0.1) is 5.62 Å². The van der Waals surface area contributed by atoms with Gasteiger partial charge >= 0.3 is 0 Å². The Kier molecular flexibility index (Phi) is 7.92. The summed E-state index contributed by atoms with van der Waals surface area (Å²) in [6.07, 6.45) is 0. The summed E-state index contributed by atoms with van der Waals surface area (Å²) in [7, 11) is 1.56. The number of ether oxygens (including phenoxy) is 2. The molecule has 0 atom stereocenters. The summed E-state index contributed by atoms with van der Waals surface area (Å²) >= 11 is 6.46. The Hall–Kier alpha value is 0.202. The zero-order chi connectivity index (χ0) is 16.5. The number of rotatable bonds is 4. The van der Waals surface area contributed by atoms with Crippen molar-refractivity contribution >= 4 is 24.2 Å². The fourth-order valence-corrected chi connectivity index (χ4v) is 10.1. The molecule has 0 unspecified atom stereocenters. The first-order chi connectivity index (χ1) is 9.53. The van der Waals surface area contributed by atoms with Gasteiger partial charge in [-0.05, 0) is 41.5 Å². The predicted molar refractivity (Wildman–Crippen MR) is 95.8 cm³/mol. The van der Waals surface area contributed by atoms with Gasteiger partial charge < -0.3 is 21.1 Å². The number of hydrogen-bond donors (Lipinski definition) is 0. The minimum absolute atomic E-state index is 0. The molecule has 0 N–H and O–H groups in total. The molecule has 130 valence electrons. The van der Waals surface area contributed by atoms with Crippen LogP contribution in [0.1, 0.15) is 41.5 Å². The topological polar surface area (TPSA) is 18.5 Å². The predicted octanol–water partition coefficient (Wildman–Crippen LogP) is 5.30. The van der Waals surface area contributed by atoms with Crippen molar-refractivity contribution in [2.75, 3.05) is 14.2 Å². The van der Waals surface area contributed by atoms with E-state index in [2.05, 4.69) is 53.7 Å². The first-order valence-electron chi connectivity index (χ1n) is 7.10. The van der Waals surface area contributed by atoms with E-state index in [1.165, 1.54) is 5.30 Å². The Balaban J connectivity index is 0.00000441. The van der Waals surface area contributed by atoms with Gasteiger partial charge in [0.05, 0.1) is 29.8 Å². The average molecular weight is 437 g/mol. The first kappa shape index (κ1) is 22.2. The monoisotopic (exact) mass is 436 g/mol. The minimum Gasteiger partial charge on any atom is -0.496 e. The van der Waals surface area contributed by atoms with Gasteiger partial charge in [0.25, 0.3) is 0 Å². The Bertz CT molecular complexity index is 456. The van der Waals surface area contributed by atoms with E-state index in [9.17, 15) is 0 Å². The summed E-state index contributed by atoms with van der Waals surface area (Å²) in [5.74, 6) is 1.61. The van der Waals surface area contributed by atoms with Crippen molar-refractivity contribution < 1.29 is 29.9 Å². The minimum atomic E-state index is -1.80. The van der Waals surface area contributed by atoms with Crippen molar-refractivity contribution in [3.63, 3.8) is 0 Å². The van der Waals surface area contributed by atoms with Gasteiger partial charge in [-0.2, -0.15) is 0 Å². The van der Waals surface area contributed by atoms with E-state index >= 15 is 0 Å². The summed E-state index contributed by atoms with van der Waals surface area (Å²) in [4.78, 5) is 0. The van der Waals surface area contributed by atoms with Gasteiger partial charge in [-0.1, -0.05) is 12.9 Å². The summed E-state index contributed by atoms with van der Waals surface area (Å²) in [5, 5.41) is 1.31. The van der Waals surface area contributed by atoms with Gasteiger partial charge in [0.1, 0.15) is 11.5 Å². The Morgan fingerprint density at radius 3 is 1.45 bits per heavy atom. The fourth-order valence-electron chi connectivity index (χ4n) is 3.13. The number of halogens is 1. The third-order valence-corrected chi connectivity index (χ3v) is 10.5. The molecule has 0 aliphatic heterocycles. The molecule has 1 aromatic carbocycles. The van der Waals surface area contributed by atoms with Crippen LogP contribution in [-0.2, 0) is 20.4 Å². The molecule has 5 heteroatoms. The molecule has 0 amide bonds. The number of methoxy groups -OCH3 is 2. The molecule has 0 saturated carbocycles. The van der Waals surface area contributed by atoms with Crippen LogP contribution >= 0.6 is 18.9 Å². The van der Waals surface area contributed by atoms with Crippen LogP contribution in [0.4, 0.5) is 0 Å². The van der Waals surface area contributed by atoms with Crippen LogP contribution in [0.3, 0.4) is 0 Å².